The number of hydrogen-bond donors (Lipinski definition) is 1. The molecule has 2 amide bonds. The van der Waals surface area contributed by atoms with Crippen LogP contribution in [-0.2, 0) is 4.79 Å². The summed E-state index contributed by atoms with van der Waals surface area (Å²) in [5.74, 6) is 0.663. The van der Waals surface area contributed by atoms with Crippen molar-refractivity contribution in [3.63, 3.8) is 0 Å². The molecule has 0 unspecified atom stereocenters. The minimum absolute atomic E-state index is 0.0261. The minimum Gasteiger partial charge on any atom is -0.490 e. The van der Waals surface area contributed by atoms with Gasteiger partial charge in [0.15, 0.2) is 18.1 Å². The van der Waals surface area contributed by atoms with Crippen LogP contribution in [0.4, 0.5) is 0 Å². The second-order valence-electron chi connectivity index (χ2n) is 8.58. The van der Waals surface area contributed by atoms with Crippen LogP contribution in [0.1, 0.15) is 55.1 Å². The summed E-state index contributed by atoms with van der Waals surface area (Å²) in [6.07, 6.45) is 8.59. The van der Waals surface area contributed by atoms with E-state index in [1.54, 1.807) is 30.7 Å². The third-order valence-corrected chi connectivity index (χ3v) is 6.11. The maximum absolute atomic E-state index is 12.9. The summed E-state index contributed by atoms with van der Waals surface area (Å²) in [5, 5.41) is 3.03. The number of rotatable bonds is 9. The lowest BCUT2D eigenvalue weighted by molar-refractivity contribution is -0.134. The van der Waals surface area contributed by atoms with Crippen molar-refractivity contribution in [2.75, 3.05) is 26.3 Å². The van der Waals surface area contributed by atoms with Crippen LogP contribution in [0.3, 0.4) is 0 Å². The first-order chi connectivity index (χ1) is 17.0. The van der Waals surface area contributed by atoms with Gasteiger partial charge in [-0.3, -0.25) is 9.59 Å². The minimum atomic E-state index is -0.215. The number of nitrogens with one attached hydrogen (secondary N) is 1. The van der Waals surface area contributed by atoms with E-state index >= 15 is 0 Å². The van der Waals surface area contributed by atoms with Gasteiger partial charge in [-0.05, 0) is 69.0 Å². The molecule has 1 aliphatic heterocycles. The van der Waals surface area contributed by atoms with Gasteiger partial charge in [0.05, 0.1) is 19.0 Å². The van der Waals surface area contributed by atoms with Gasteiger partial charge in [-0.1, -0.05) is 12.1 Å². The summed E-state index contributed by atoms with van der Waals surface area (Å²) in [7, 11) is 0. The largest absolute Gasteiger partial charge is 0.490 e. The van der Waals surface area contributed by atoms with Gasteiger partial charge >= 0.3 is 0 Å². The van der Waals surface area contributed by atoms with E-state index in [0.29, 0.717) is 23.7 Å². The van der Waals surface area contributed by atoms with Crippen LogP contribution in [0.5, 0.6) is 11.5 Å². The molecule has 4 rings (SSSR count). The molecule has 0 aliphatic carbocycles. The summed E-state index contributed by atoms with van der Waals surface area (Å²) in [6, 6.07) is 12.8. The van der Waals surface area contributed by atoms with Crippen LogP contribution in [0.2, 0.25) is 0 Å². The van der Waals surface area contributed by atoms with Gasteiger partial charge in [-0.25, -0.2) is 4.98 Å². The van der Waals surface area contributed by atoms with E-state index in [1.807, 2.05) is 53.8 Å². The van der Waals surface area contributed by atoms with Gasteiger partial charge in [0.25, 0.3) is 11.8 Å². The Balaban J connectivity index is 1.38. The highest BCUT2D eigenvalue weighted by Gasteiger charge is 2.19. The first kappa shape index (κ1) is 24.3. The molecule has 35 heavy (non-hydrogen) atoms. The van der Waals surface area contributed by atoms with Crippen molar-refractivity contribution in [2.24, 2.45) is 0 Å². The highest BCUT2D eigenvalue weighted by atomic mass is 16.5. The van der Waals surface area contributed by atoms with Crippen molar-refractivity contribution in [1.82, 2.24) is 19.8 Å². The third kappa shape index (κ3) is 6.20. The molecule has 0 spiro atoms. The third-order valence-electron chi connectivity index (χ3n) is 6.11. The van der Waals surface area contributed by atoms with Gasteiger partial charge in [0.2, 0.25) is 0 Å². The van der Waals surface area contributed by atoms with Crippen LogP contribution in [-0.4, -0.2) is 52.6 Å². The lowest BCUT2D eigenvalue weighted by Crippen LogP contribution is -2.38. The number of ether oxygens (including phenoxy) is 2. The van der Waals surface area contributed by atoms with E-state index in [0.717, 1.165) is 43.6 Å². The first-order valence-electron chi connectivity index (χ1n) is 12.1. The number of amides is 2. The standard InChI is InChI=1S/C27H32N4O4/c1-3-34-25-17-22(9-12-24(25)35-18-26(32)30-14-5-4-6-15-30)27(33)29-20(2)21-7-10-23(11-8-21)31-16-13-28-19-31/h7-13,16-17,19-20H,3-6,14-15,18H2,1-2H3,(H,29,33)/t20-/m0/s1. The Morgan fingerprint density at radius 2 is 1.80 bits per heavy atom. The van der Waals surface area contributed by atoms with E-state index in [-0.39, 0.29) is 24.5 Å². The Hall–Kier alpha value is -3.81. The average molecular weight is 477 g/mol. The molecule has 0 bridgehead atoms. The van der Waals surface area contributed by atoms with Crippen LogP contribution in [0, 0.1) is 0 Å². The summed E-state index contributed by atoms with van der Waals surface area (Å²) in [4.78, 5) is 31.3. The van der Waals surface area contributed by atoms with Gasteiger partial charge in [0.1, 0.15) is 0 Å². The van der Waals surface area contributed by atoms with Crippen LogP contribution < -0.4 is 14.8 Å². The molecular weight excluding hydrogens is 444 g/mol. The molecule has 2 heterocycles. The van der Waals surface area contributed by atoms with Crippen LogP contribution >= 0.6 is 0 Å². The molecule has 1 N–H and O–H groups in total. The van der Waals surface area contributed by atoms with Crippen molar-refractivity contribution in [3.8, 4) is 17.2 Å². The molecular formula is C27H32N4O4. The Kier molecular flexibility index (Phi) is 8.03. The van der Waals surface area contributed by atoms with Crippen molar-refractivity contribution in [3.05, 3.63) is 72.3 Å². The van der Waals surface area contributed by atoms with Crippen molar-refractivity contribution < 1.29 is 19.1 Å². The fourth-order valence-electron chi connectivity index (χ4n) is 4.12. The van der Waals surface area contributed by atoms with E-state index in [1.165, 1.54) is 0 Å². The Morgan fingerprint density at radius 1 is 1.03 bits per heavy atom. The van der Waals surface area contributed by atoms with Crippen molar-refractivity contribution in [1.29, 1.82) is 0 Å². The molecule has 0 radical (unpaired) electrons. The Morgan fingerprint density at radius 3 is 2.49 bits per heavy atom. The maximum Gasteiger partial charge on any atom is 0.260 e. The molecule has 1 aliphatic rings. The molecule has 8 nitrogen and oxygen atoms in total. The number of benzene rings is 2. The van der Waals surface area contributed by atoms with Crippen LogP contribution in [0.15, 0.2) is 61.2 Å². The monoisotopic (exact) mass is 476 g/mol. The molecule has 1 atom stereocenters. The number of carbonyl (C=O) groups is 2. The topological polar surface area (TPSA) is 85.7 Å². The van der Waals surface area contributed by atoms with Gasteiger partial charge < -0.3 is 24.3 Å². The molecule has 184 valence electrons. The number of likely N-dealkylation sites (tertiary alicyclic amines) is 1. The molecule has 8 heteroatoms. The molecule has 0 saturated carbocycles. The smallest absolute Gasteiger partial charge is 0.260 e. The molecule has 1 aromatic heterocycles. The van der Waals surface area contributed by atoms with Crippen molar-refractivity contribution in [2.45, 2.75) is 39.2 Å². The first-order valence-corrected chi connectivity index (χ1v) is 12.1. The lowest BCUT2D eigenvalue weighted by atomic mass is 10.1. The van der Waals surface area contributed by atoms with E-state index in [2.05, 4.69) is 10.3 Å². The predicted molar refractivity (Wildman–Crippen MR) is 133 cm³/mol. The number of imidazole rings is 1. The zero-order chi connectivity index (χ0) is 24.6. The molecule has 1 saturated heterocycles. The summed E-state index contributed by atoms with van der Waals surface area (Å²) >= 11 is 0. The zero-order valence-electron chi connectivity index (χ0n) is 20.3. The van der Waals surface area contributed by atoms with Gasteiger partial charge in [-0.2, -0.15) is 0 Å². The van der Waals surface area contributed by atoms with E-state index < -0.39 is 0 Å². The highest BCUT2D eigenvalue weighted by Crippen LogP contribution is 2.29. The summed E-state index contributed by atoms with van der Waals surface area (Å²) in [5.41, 5.74) is 2.45. The summed E-state index contributed by atoms with van der Waals surface area (Å²) < 4.78 is 13.4. The molecule has 1 fully saturated rings. The fraction of sp³-hybridized carbons (Fsp3) is 0.370. The second kappa shape index (κ2) is 11.6. The fourth-order valence-corrected chi connectivity index (χ4v) is 4.12. The zero-order valence-corrected chi connectivity index (χ0v) is 20.3. The Bertz CT molecular complexity index is 1120. The Labute approximate surface area is 205 Å². The highest BCUT2D eigenvalue weighted by molar-refractivity contribution is 5.95. The number of hydrogen-bond acceptors (Lipinski definition) is 5. The number of carbonyl (C=O) groups excluding carboxylic acids is 2. The van der Waals surface area contributed by atoms with Gasteiger partial charge in [0, 0.05) is 36.7 Å². The van der Waals surface area contributed by atoms with E-state index in [4.69, 9.17) is 9.47 Å². The maximum atomic E-state index is 12.9. The van der Waals surface area contributed by atoms with Crippen LogP contribution in [0.25, 0.3) is 5.69 Å². The van der Waals surface area contributed by atoms with E-state index in [9.17, 15) is 9.59 Å². The molecule has 3 aromatic rings. The van der Waals surface area contributed by atoms with Crippen molar-refractivity contribution >= 4 is 11.8 Å². The normalized spacial score (nSPS) is 14.3. The molecule has 2 aromatic carbocycles. The average Bonchev–Trinajstić information content (AvgIpc) is 3.43. The summed E-state index contributed by atoms with van der Waals surface area (Å²) in [6.45, 7) is 5.75. The second-order valence-corrected chi connectivity index (χ2v) is 8.58. The SMILES string of the molecule is CCOc1cc(C(=O)N[C@@H](C)c2ccc(-n3ccnc3)cc2)ccc1OCC(=O)N1CCCCC1. The number of piperidine rings is 1. The number of aromatic nitrogens is 2. The quantitative estimate of drug-likeness (QED) is 0.501. The predicted octanol–water partition coefficient (Wildman–Crippen LogP) is 4.15. The number of nitrogens with zero attached hydrogens (tertiary/aromatic N) is 3. The van der Waals surface area contributed by atoms with Gasteiger partial charge in [-0.15, -0.1) is 0 Å². The lowest BCUT2D eigenvalue weighted by Gasteiger charge is -2.26.